The summed E-state index contributed by atoms with van der Waals surface area (Å²) in [6, 6.07) is 8.04. The molecular weight excluding hydrogens is 214 g/mol. The van der Waals surface area contributed by atoms with Crippen molar-refractivity contribution < 1.29 is 9.84 Å². The lowest BCUT2D eigenvalue weighted by atomic mass is 9.74. The lowest BCUT2D eigenvalue weighted by molar-refractivity contribution is -0.0269. The fourth-order valence-corrected chi connectivity index (χ4v) is 2.80. The Hall–Kier alpha value is -1.06. The summed E-state index contributed by atoms with van der Waals surface area (Å²) in [4.78, 5) is 0. The first-order valence-corrected chi connectivity index (χ1v) is 6.34. The number of aliphatic hydroxyl groups excluding tert-OH is 1. The standard InChI is InChI=1S/C14H19NO2/c15-8-14(13(16)10-5-6-10)7-11-3-1-2-4-12(11)17-9-14/h1-4,10,13,16H,5-9,15H2. The molecule has 3 N–H and O–H groups in total. The summed E-state index contributed by atoms with van der Waals surface area (Å²) in [5.74, 6) is 1.38. The van der Waals surface area contributed by atoms with Crippen LogP contribution in [0.15, 0.2) is 24.3 Å². The predicted molar refractivity (Wildman–Crippen MR) is 65.9 cm³/mol. The van der Waals surface area contributed by atoms with E-state index in [-0.39, 0.29) is 11.5 Å². The molecular formula is C14H19NO2. The molecule has 1 aromatic carbocycles. The molecule has 2 atom stereocenters. The molecule has 0 radical (unpaired) electrons. The Labute approximate surface area is 102 Å². The quantitative estimate of drug-likeness (QED) is 0.828. The van der Waals surface area contributed by atoms with E-state index in [2.05, 4.69) is 6.07 Å². The van der Waals surface area contributed by atoms with E-state index in [0.717, 1.165) is 25.0 Å². The van der Waals surface area contributed by atoms with Gasteiger partial charge in [0.05, 0.1) is 12.7 Å². The largest absolute Gasteiger partial charge is 0.493 e. The van der Waals surface area contributed by atoms with Gasteiger partial charge in [0.15, 0.2) is 0 Å². The number of fused-ring (bicyclic) bond motifs is 1. The molecule has 2 aliphatic rings. The van der Waals surface area contributed by atoms with Crippen LogP contribution >= 0.6 is 0 Å². The average Bonchev–Trinajstić information content (AvgIpc) is 3.21. The Morgan fingerprint density at radius 2 is 2.18 bits per heavy atom. The zero-order valence-corrected chi connectivity index (χ0v) is 9.93. The lowest BCUT2D eigenvalue weighted by Gasteiger charge is -2.40. The van der Waals surface area contributed by atoms with E-state index in [1.165, 1.54) is 5.56 Å². The van der Waals surface area contributed by atoms with Gasteiger partial charge in [-0.15, -0.1) is 0 Å². The van der Waals surface area contributed by atoms with Gasteiger partial charge in [-0.25, -0.2) is 0 Å². The number of hydrogen-bond acceptors (Lipinski definition) is 3. The molecule has 1 aliphatic carbocycles. The second-order valence-electron chi connectivity index (χ2n) is 5.42. The summed E-state index contributed by atoms with van der Waals surface area (Å²) in [5.41, 5.74) is 6.81. The van der Waals surface area contributed by atoms with E-state index in [1.54, 1.807) is 0 Å². The van der Waals surface area contributed by atoms with Crippen LogP contribution in [-0.2, 0) is 6.42 Å². The van der Waals surface area contributed by atoms with Crippen molar-refractivity contribution in [3.05, 3.63) is 29.8 Å². The maximum absolute atomic E-state index is 10.4. The van der Waals surface area contributed by atoms with Crippen LogP contribution < -0.4 is 10.5 Å². The highest BCUT2D eigenvalue weighted by molar-refractivity contribution is 5.36. The Morgan fingerprint density at radius 3 is 2.88 bits per heavy atom. The maximum atomic E-state index is 10.4. The number of ether oxygens (including phenoxy) is 1. The summed E-state index contributed by atoms with van der Waals surface area (Å²) in [6.07, 6.45) is 2.77. The van der Waals surface area contributed by atoms with E-state index in [4.69, 9.17) is 10.5 Å². The van der Waals surface area contributed by atoms with Crippen molar-refractivity contribution in [1.82, 2.24) is 0 Å². The van der Waals surface area contributed by atoms with Crippen molar-refractivity contribution in [3.63, 3.8) is 0 Å². The van der Waals surface area contributed by atoms with E-state index in [1.807, 2.05) is 18.2 Å². The summed E-state index contributed by atoms with van der Waals surface area (Å²) < 4.78 is 5.79. The fourth-order valence-electron chi connectivity index (χ4n) is 2.80. The van der Waals surface area contributed by atoms with Crippen LogP contribution in [0.25, 0.3) is 0 Å². The maximum Gasteiger partial charge on any atom is 0.122 e. The fraction of sp³-hybridized carbons (Fsp3) is 0.571. The smallest absolute Gasteiger partial charge is 0.122 e. The Kier molecular flexibility index (Phi) is 2.60. The molecule has 0 aromatic heterocycles. The highest BCUT2D eigenvalue weighted by atomic mass is 16.5. The van der Waals surface area contributed by atoms with Crippen LogP contribution in [0.4, 0.5) is 0 Å². The second-order valence-corrected chi connectivity index (χ2v) is 5.42. The van der Waals surface area contributed by atoms with Gasteiger partial charge < -0.3 is 15.6 Å². The zero-order valence-electron chi connectivity index (χ0n) is 9.93. The van der Waals surface area contributed by atoms with E-state index < -0.39 is 0 Å². The highest BCUT2D eigenvalue weighted by Crippen LogP contribution is 2.45. The van der Waals surface area contributed by atoms with Gasteiger partial charge in [0, 0.05) is 12.0 Å². The van der Waals surface area contributed by atoms with Crippen LogP contribution in [0.1, 0.15) is 18.4 Å². The molecule has 2 unspecified atom stereocenters. The molecule has 3 nitrogen and oxygen atoms in total. The molecule has 1 aliphatic heterocycles. The van der Waals surface area contributed by atoms with Gasteiger partial charge in [-0.3, -0.25) is 0 Å². The Bertz CT molecular complexity index is 416. The SMILES string of the molecule is NCC1(C(O)C2CC2)COc2ccccc2C1. The van der Waals surface area contributed by atoms with Crippen molar-refractivity contribution in [2.24, 2.45) is 17.1 Å². The third kappa shape index (κ3) is 1.83. The molecule has 0 bridgehead atoms. The first-order valence-electron chi connectivity index (χ1n) is 6.34. The third-order valence-electron chi connectivity index (χ3n) is 4.13. The lowest BCUT2D eigenvalue weighted by Crippen LogP contribution is -2.50. The van der Waals surface area contributed by atoms with E-state index in [9.17, 15) is 5.11 Å². The van der Waals surface area contributed by atoms with E-state index >= 15 is 0 Å². The van der Waals surface area contributed by atoms with Gasteiger partial charge in [-0.05, 0) is 36.8 Å². The first kappa shape index (κ1) is 11.1. The van der Waals surface area contributed by atoms with E-state index in [0.29, 0.717) is 19.1 Å². The van der Waals surface area contributed by atoms with Crippen molar-refractivity contribution >= 4 is 0 Å². The van der Waals surface area contributed by atoms with Gasteiger partial charge in [-0.2, -0.15) is 0 Å². The topological polar surface area (TPSA) is 55.5 Å². The van der Waals surface area contributed by atoms with Crippen molar-refractivity contribution in [1.29, 1.82) is 0 Å². The molecule has 1 aromatic rings. The minimum atomic E-state index is -0.319. The molecule has 1 saturated carbocycles. The number of rotatable bonds is 3. The average molecular weight is 233 g/mol. The van der Waals surface area contributed by atoms with Crippen LogP contribution in [0.3, 0.4) is 0 Å². The van der Waals surface area contributed by atoms with Crippen LogP contribution in [-0.4, -0.2) is 24.4 Å². The predicted octanol–water partition coefficient (Wildman–Crippen LogP) is 1.34. The van der Waals surface area contributed by atoms with Crippen LogP contribution in [0.2, 0.25) is 0 Å². The van der Waals surface area contributed by atoms with Gasteiger partial charge >= 0.3 is 0 Å². The molecule has 0 saturated heterocycles. The molecule has 0 spiro atoms. The number of aliphatic hydroxyl groups is 1. The number of para-hydroxylation sites is 1. The molecule has 1 heterocycles. The second kappa shape index (κ2) is 4.00. The summed E-state index contributed by atoms with van der Waals surface area (Å²) in [7, 11) is 0. The normalized spacial score (nSPS) is 29.3. The molecule has 0 amide bonds. The summed E-state index contributed by atoms with van der Waals surface area (Å²) >= 11 is 0. The van der Waals surface area contributed by atoms with Gasteiger partial charge in [0.25, 0.3) is 0 Å². The van der Waals surface area contributed by atoms with Crippen molar-refractivity contribution in [2.75, 3.05) is 13.2 Å². The number of benzene rings is 1. The molecule has 1 fully saturated rings. The summed E-state index contributed by atoms with van der Waals surface area (Å²) in [6.45, 7) is 1.02. The minimum Gasteiger partial charge on any atom is -0.493 e. The van der Waals surface area contributed by atoms with Gasteiger partial charge in [-0.1, -0.05) is 18.2 Å². The van der Waals surface area contributed by atoms with Crippen LogP contribution in [0, 0.1) is 11.3 Å². The van der Waals surface area contributed by atoms with Crippen LogP contribution in [0.5, 0.6) is 5.75 Å². The molecule has 17 heavy (non-hydrogen) atoms. The zero-order chi connectivity index (χ0) is 11.9. The molecule has 3 rings (SSSR count). The molecule has 3 heteroatoms. The number of nitrogens with two attached hydrogens (primary N) is 1. The molecule has 92 valence electrons. The van der Waals surface area contributed by atoms with Gasteiger partial charge in [0.2, 0.25) is 0 Å². The first-order chi connectivity index (χ1) is 8.25. The Balaban J connectivity index is 1.88. The highest BCUT2D eigenvalue weighted by Gasteiger charge is 2.47. The van der Waals surface area contributed by atoms with Gasteiger partial charge in [0.1, 0.15) is 5.75 Å². The van der Waals surface area contributed by atoms with Crippen molar-refractivity contribution in [2.45, 2.75) is 25.4 Å². The Morgan fingerprint density at radius 1 is 1.41 bits per heavy atom. The summed E-state index contributed by atoms with van der Waals surface area (Å²) in [5, 5.41) is 10.4. The van der Waals surface area contributed by atoms with Crippen molar-refractivity contribution in [3.8, 4) is 5.75 Å². The monoisotopic (exact) mass is 233 g/mol. The third-order valence-corrected chi connectivity index (χ3v) is 4.13. The number of hydrogen-bond donors (Lipinski definition) is 2. The minimum absolute atomic E-state index is 0.282.